The van der Waals surface area contributed by atoms with E-state index in [9.17, 15) is 9.59 Å². The highest BCUT2D eigenvalue weighted by atomic mass is 32.2. The summed E-state index contributed by atoms with van der Waals surface area (Å²) in [7, 11) is 0. The summed E-state index contributed by atoms with van der Waals surface area (Å²) in [5.41, 5.74) is 2.26. The molecule has 0 bridgehead atoms. The first-order chi connectivity index (χ1) is 11.1. The molecule has 1 atom stereocenters. The fourth-order valence-electron chi connectivity index (χ4n) is 2.58. The molecular formula is C16H15N3O3S. The minimum atomic E-state index is -0.220. The molecule has 118 valence electrons. The molecule has 1 N–H and O–H groups in total. The quantitative estimate of drug-likeness (QED) is 0.670. The summed E-state index contributed by atoms with van der Waals surface area (Å²) in [4.78, 5) is 24.0. The van der Waals surface area contributed by atoms with Crippen LogP contribution in [0.3, 0.4) is 0 Å². The van der Waals surface area contributed by atoms with E-state index in [1.807, 2.05) is 6.92 Å². The zero-order valence-corrected chi connectivity index (χ0v) is 13.4. The molecule has 1 aromatic heterocycles. The van der Waals surface area contributed by atoms with Crippen molar-refractivity contribution in [1.29, 1.82) is 0 Å². The summed E-state index contributed by atoms with van der Waals surface area (Å²) >= 11 is 1.25. The minimum Gasteiger partial charge on any atom is -0.416 e. The van der Waals surface area contributed by atoms with Crippen LogP contribution in [0.4, 0.5) is 5.69 Å². The van der Waals surface area contributed by atoms with Gasteiger partial charge in [-0.05, 0) is 43.5 Å². The molecule has 1 amide bonds. The van der Waals surface area contributed by atoms with Crippen LogP contribution in [0.5, 0.6) is 0 Å². The Morgan fingerprint density at radius 1 is 1.39 bits per heavy atom. The van der Waals surface area contributed by atoms with Crippen molar-refractivity contribution in [3.8, 4) is 0 Å². The lowest BCUT2D eigenvalue weighted by Crippen LogP contribution is -2.08. The summed E-state index contributed by atoms with van der Waals surface area (Å²) in [5, 5.41) is 11.2. The van der Waals surface area contributed by atoms with Gasteiger partial charge in [0, 0.05) is 17.2 Å². The number of benzene rings is 1. The van der Waals surface area contributed by atoms with Gasteiger partial charge in [0.1, 0.15) is 0 Å². The second-order valence-electron chi connectivity index (χ2n) is 5.91. The topological polar surface area (TPSA) is 85.1 Å². The average molecular weight is 329 g/mol. The molecule has 2 aromatic rings. The van der Waals surface area contributed by atoms with Crippen molar-refractivity contribution in [2.24, 2.45) is 0 Å². The van der Waals surface area contributed by atoms with Crippen molar-refractivity contribution in [2.75, 3.05) is 11.1 Å². The van der Waals surface area contributed by atoms with Crippen molar-refractivity contribution in [1.82, 2.24) is 10.2 Å². The highest BCUT2D eigenvalue weighted by molar-refractivity contribution is 7.99. The molecule has 6 nitrogen and oxygen atoms in total. The number of carbonyl (C=O) groups excluding carboxylic acids is 2. The molecule has 23 heavy (non-hydrogen) atoms. The predicted octanol–water partition coefficient (Wildman–Crippen LogP) is 2.98. The summed E-state index contributed by atoms with van der Waals surface area (Å²) < 4.78 is 5.53. The fourth-order valence-corrected chi connectivity index (χ4v) is 3.24. The molecule has 1 aliphatic heterocycles. The number of nitrogens with zero attached hydrogens (tertiary/aromatic N) is 2. The lowest BCUT2D eigenvalue weighted by atomic mass is 9.99. The number of amides is 1. The van der Waals surface area contributed by atoms with Gasteiger partial charge in [0.25, 0.3) is 5.22 Å². The lowest BCUT2D eigenvalue weighted by molar-refractivity contribution is -0.116. The van der Waals surface area contributed by atoms with Gasteiger partial charge in [-0.3, -0.25) is 9.59 Å². The Hall–Kier alpha value is -2.15. The molecule has 7 heteroatoms. The van der Waals surface area contributed by atoms with Crippen molar-refractivity contribution in [3.63, 3.8) is 0 Å². The van der Waals surface area contributed by atoms with E-state index in [0.717, 1.165) is 24.1 Å². The van der Waals surface area contributed by atoms with Crippen LogP contribution >= 0.6 is 11.8 Å². The molecular weight excluding hydrogens is 314 g/mol. The van der Waals surface area contributed by atoms with Crippen LogP contribution in [0.25, 0.3) is 0 Å². The SMILES string of the molecule is C[C@@H]1C(=O)Nc2ccc(C(=O)CSc3nnc(C4CC4)o3)cc21. The highest BCUT2D eigenvalue weighted by Gasteiger charge is 2.30. The maximum Gasteiger partial charge on any atom is 0.277 e. The van der Waals surface area contributed by atoms with Crippen molar-refractivity contribution in [2.45, 2.75) is 36.8 Å². The molecule has 4 rings (SSSR count). The normalized spacial score (nSPS) is 19.5. The third-order valence-electron chi connectivity index (χ3n) is 4.17. The van der Waals surface area contributed by atoms with Crippen molar-refractivity contribution in [3.05, 3.63) is 35.2 Å². The molecule has 0 spiro atoms. The Morgan fingerprint density at radius 2 is 2.22 bits per heavy atom. The standard InChI is InChI=1S/C16H15N3O3S/c1-8-11-6-10(4-5-12(11)17-14(8)21)13(20)7-23-16-19-18-15(22-16)9-2-3-9/h4-6,8-9H,2-3,7H2,1H3,(H,17,21)/t8-/m0/s1. The number of aromatic nitrogens is 2. The second-order valence-corrected chi connectivity index (χ2v) is 6.83. The van der Waals surface area contributed by atoms with Gasteiger partial charge in [0.2, 0.25) is 11.8 Å². The number of anilines is 1. The van der Waals surface area contributed by atoms with Crippen LogP contribution in [-0.2, 0) is 4.79 Å². The predicted molar refractivity (Wildman–Crippen MR) is 84.8 cm³/mol. The van der Waals surface area contributed by atoms with Gasteiger partial charge in [0.05, 0.1) is 11.7 Å². The van der Waals surface area contributed by atoms with Crippen molar-refractivity contribution < 1.29 is 14.0 Å². The first-order valence-corrected chi connectivity index (χ1v) is 8.54. The van der Waals surface area contributed by atoms with Gasteiger partial charge in [0.15, 0.2) is 5.78 Å². The van der Waals surface area contributed by atoms with E-state index in [1.54, 1.807) is 18.2 Å². The molecule has 1 aromatic carbocycles. The summed E-state index contributed by atoms with van der Waals surface area (Å²) in [6.07, 6.45) is 2.20. The number of fused-ring (bicyclic) bond motifs is 1. The molecule has 0 unspecified atom stereocenters. The number of rotatable bonds is 5. The van der Waals surface area contributed by atoms with Crippen LogP contribution in [-0.4, -0.2) is 27.6 Å². The Balaban J connectivity index is 1.43. The lowest BCUT2D eigenvalue weighted by Gasteiger charge is -2.04. The van der Waals surface area contributed by atoms with E-state index in [4.69, 9.17) is 4.42 Å². The number of hydrogen-bond acceptors (Lipinski definition) is 6. The molecule has 1 fully saturated rings. The molecule has 2 heterocycles. The number of Topliss-reactive ketones (excluding diaryl/α,β-unsaturated/α-hetero) is 1. The van der Waals surface area contributed by atoms with Gasteiger partial charge < -0.3 is 9.73 Å². The summed E-state index contributed by atoms with van der Waals surface area (Å²) in [6.45, 7) is 1.84. The maximum atomic E-state index is 12.3. The number of hydrogen-bond donors (Lipinski definition) is 1. The van der Waals surface area contributed by atoms with Crippen LogP contribution in [0.1, 0.15) is 53.4 Å². The van der Waals surface area contributed by atoms with E-state index in [1.165, 1.54) is 11.8 Å². The third kappa shape index (κ3) is 2.76. The van der Waals surface area contributed by atoms with E-state index in [-0.39, 0.29) is 23.4 Å². The Morgan fingerprint density at radius 3 is 3.00 bits per heavy atom. The molecule has 1 aliphatic carbocycles. The van der Waals surface area contributed by atoms with E-state index in [0.29, 0.717) is 22.6 Å². The Labute approximate surface area is 137 Å². The second kappa shape index (κ2) is 5.49. The smallest absolute Gasteiger partial charge is 0.277 e. The monoisotopic (exact) mass is 329 g/mol. The van der Waals surface area contributed by atoms with Crippen LogP contribution in [0.15, 0.2) is 27.8 Å². The minimum absolute atomic E-state index is 0.0180. The number of thioether (sulfide) groups is 1. The first-order valence-electron chi connectivity index (χ1n) is 7.56. The third-order valence-corrected chi connectivity index (χ3v) is 4.99. The van der Waals surface area contributed by atoms with E-state index >= 15 is 0 Å². The van der Waals surface area contributed by atoms with Crippen LogP contribution < -0.4 is 5.32 Å². The van der Waals surface area contributed by atoms with Gasteiger partial charge >= 0.3 is 0 Å². The number of carbonyl (C=O) groups is 2. The maximum absolute atomic E-state index is 12.3. The Bertz CT molecular complexity index is 798. The zero-order chi connectivity index (χ0) is 16.0. The average Bonchev–Trinajstić information content (AvgIpc) is 3.23. The zero-order valence-electron chi connectivity index (χ0n) is 12.5. The summed E-state index contributed by atoms with van der Waals surface area (Å²) in [6, 6.07) is 5.32. The number of nitrogens with one attached hydrogen (secondary N) is 1. The van der Waals surface area contributed by atoms with Gasteiger partial charge in [-0.15, -0.1) is 10.2 Å². The van der Waals surface area contributed by atoms with Crippen molar-refractivity contribution >= 4 is 29.1 Å². The van der Waals surface area contributed by atoms with E-state index in [2.05, 4.69) is 15.5 Å². The largest absolute Gasteiger partial charge is 0.416 e. The fraction of sp³-hybridized carbons (Fsp3) is 0.375. The summed E-state index contributed by atoms with van der Waals surface area (Å²) in [5.74, 6) is 1.06. The van der Waals surface area contributed by atoms with Crippen LogP contribution in [0.2, 0.25) is 0 Å². The molecule has 1 saturated carbocycles. The molecule has 0 radical (unpaired) electrons. The van der Waals surface area contributed by atoms with Gasteiger partial charge in [-0.25, -0.2) is 0 Å². The molecule has 2 aliphatic rings. The van der Waals surface area contributed by atoms with Crippen LogP contribution in [0, 0.1) is 0 Å². The highest BCUT2D eigenvalue weighted by Crippen LogP contribution is 2.40. The van der Waals surface area contributed by atoms with Gasteiger partial charge in [-0.1, -0.05) is 11.8 Å². The Kier molecular flexibility index (Phi) is 3.45. The first kappa shape index (κ1) is 14.4. The van der Waals surface area contributed by atoms with E-state index < -0.39 is 0 Å². The van der Waals surface area contributed by atoms with Gasteiger partial charge in [-0.2, -0.15) is 0 Å². The number of ketones is 1. The molecule has 0 saturated heterocycles.